The zero-order valence-corrected chi connectivity index (χ0v) is 11.1. The molecule has 1 aromatic carbocycles. The van der Waals surface area contributed by atoms with Crippen LogP contribution < -0.4 is 0 Å². The Bertz CT molecular complexity index is 479. The fraction of sp³-hybridized carbons (Fsp3) is 0.286. The average Bonchev–Trinajstić information content (AvgIpc) is 2.99. The van der Waals surface area contributed by atoms with E-state index in [1.54, 1.807) is 6.26 Å². The van der Waals surface area contributed by atoms with Crippen molar-refractivity contribution < 1.29 is 4.42 Å². The summed E-state index contributed by atoms with van der Waals surface area (Å²) in [5.41, 5.74) is 1.53. The van der Waals surface area contributed by atoms with Gasteiger partial charge < -0.3 is 4.42 Å². The predicted molar refractivity (Wildman–Crippen MR) is 74.8 cm³/mol. The van der Waals surface area contributed by atoms with Crippen LogP contribution in [0, 0.1) is 0 Å². The number of fused-ring (bicyclic) bond motifs is 1. The summed E-state index contributed by atoms with van der Waals surface area (Å²) in [4.78, 5) is 1.47. The molecule has 0 amide bonds. The van der Waals surface area contributed by atoms with Gasteiger partial charge in [-0.1, -0.05) is 18.2 Å². The number of hydrogen-bond donors (Lipinski definition) is 0. The summed E-state index contributed by atoms with van der Waals surface area (Å²) in [5, 5.41) is 0. The van der Waals surface area contributed by atoms with Crippen molar-refractivity contribution in [1.29, 1.82) is 0 Å². The van der Waals surface area contributed by atoms with E-state index in [-0.39, 0.29) is 0 Å². The lowest BCUT2D eigenvalue weighted by atomic mass is 10.0. The van der Waals surface area contributed by atoms with E-state index in [9.17, 15) is 0 Å². The fourth-order valence-electron chi connectivity index (χ4n) is 2.06. The van der Waals surface area contributed by atoms with E-state index in [4.69, 9.17) is 4.42 Å². The zero-order chi connectivity index (χ0) is 11.5. The Hall–Kier alpha value is -0.800. The van der Waals surface area contributed by atoms with Crippen LogP contribution in [0.15, 0.2) is 52.0 Å². The van der Waals surface area contributed by atoms with E-state index in [2.05, 4.69) is 24.3 Å². The maximum atomic E-state index is 5.34. The van der Waals surface area contributed by atoms with Gasteiger partial charge in [0.15, 0.2) is 0 Å². The van der Waals surface area contributed by atoms with Crippen molar-refractivity contribution in [2.24, 2.45) is 0 Å². The van der Waals surface area contributed by atoms with Gasteiger partial charge in [0, 0.05) is 22.3 Å². The number of thioether (sulfide) groups is 2. The van der Waals surface area contributed by atoms with Crippen LogP contribution in [-0.4, -0.2) is 11.5 Å². The molecule has 88 valence electrons. The van der Waals surface area contributed by atoms with Gasteiger partial charge in [0.2, 0.25) is 0 Å². The third-order valence-corrected chi connectivity index (χ3v) is 5.32. The molecule has 1 atom stereocenters. The van der Waals surface area contributed by atoms with Gasteiger partial charge in [-0.05, 0) is 23.8 Å². The van der Waals surface area contributed by atoms with E-state index >= 15 is 0 Å². The van der Waals surface area contributed by atoms with Crippen molar-refractivity contribution in [2.75, 3.05) is 11.5 Å². The first-order chi connectivity index (χ1) is 8.43. The highest BCUT2D eigenvalue weighted by Crippen LogP contribution is 2.40. The number of furan rings is 1. The fourth-order valence-corrected chi connectivity index (χ4v) is 4.53. The van der Waals surface area contributed by atoms with Gasteiger partial charge in [-0.15, -0.1) is 11.8 Å². The lowest BCUT2D eigenvalue weighted by molar-refractivity contribution is 0.530. The summed E-state index contributed by atoms with van der Waals surface area (Å²) in [6.45, 7) is 0. The minimum Gasteiger partial charge on any atom is -0.468 e. The average molecular weight is 262 g/mol. The van der Waals surface area contributed by atoms with E-state index in [0.29, 0.717) is 5.92 Å². The highest BCUT2D eigenvalue weighted by atomic mass is 32.2. The first kappa shape index (κ1) is 11.3. The summed E-state index contributed by atoms with van der Waals surface area (Å²) in [6, 6.07) is 12.8. The van der Waals surface area contributed by atoms with Crippen LogP contribution in [-0.2, 0) is 5.75 Å². The Labute approximate surface area is 110 Å². The second-order valence-corrected chi connectivity index (χ2v) is 6.23. The second kappa shape index (κ2) is 5.23. The van der Waals surface area contributed by atoms with Gasteiger partial charge >= 0.3 is 0 Å². The van der Waals surface area contributed by atoms with E-state index in [1.165, 1.54) is 22.0 Å². The van der Waals surface area contributed by atoms with Gasteiger partial charge in [-0.2, -0.15) is 11.8 Å². The van der Waals surface area contributed by atoms with Gasteiger partial charge in [-0.3, -0.25) is 0 Å². The highest BCUT2D eigenvalue weighted by molar-refractivity contribution is 8.00. The molecular weight excluding hydrogens is 248 g/mol. The first-order valence-corrected chi connectivity index (χ1v) is 7.89. The molecule has 3 rings (SSSR count). The van der Waals surface area contributed by atoms with Gasteiger partial charge in [-0.25, -0.2) is 0 Å². The van der Waals surface area contributed by atoms with Crippen molar-refractivity contribution in [2.45, 2.75) is 16.6 Å². The van der Waals surface area contributed by atoms with Crippen LogP contribution in [0.4, 0.5) is 0 Å². The molecular formula is C14H14OS2. The Morgan fingerprint density at radius 1 is 1.24 bits per heavy atom. The summed E-state index contributed by atoms with van der Waals surface area (Å²) < 4.78 is 5.34. The molecule has 3 heteroatoms. The predicted octanol–water partition coefficient (Wildman–Crippen LogP) is 4.40. The van der Waals surface area contributed by atoms with Gasteiger partial charge in [0.25, 0.3) is 0 Å². The summed E-state index contributed by atoms with van der Waals surface area (Å²) in [5.74, 6) is 5.18. The monoisotopic (exact) mass is 262 g/mol. The third-order valence-electron chi connectivity index (χ3n) is 2.94. The molecule has 0 N–H and O–H groups in total. The smallest absolute Gasteiger partial charge is 0.113 e. The molecule has 0 fully saturated rings. The van der Waals surface area contributed by atoms with Crippen molar-refractivity contribution in [3.63, 3.8) is 0 Å². The molecule has 2 heterocycles. The topological polar surface area (TPSA) is 13.1 Å². The SMILES string of the molecule is c1coc(CSCC2CSc3ccccc32)c1. The van der Waals surface area contributed by atoms with Crippen LogP contribution in [0.3, 0.4) is 0 Å². The highest BCUT2D eigenvalue weighted by Gasteiger charge is 2.22. The summed E-state index contributed by atoms with van der Waals surface area (Å²) in [6.07, 6.45) is 1.75. The number of hydrogen-bond acceptors (Lipinski definition) is 3. The van der Waals surface area contributed by atoms with Gasteiger partial charge in [0.1, 0.15) is 5.76 Å². The summed E-state index contributed by atoms with van der Waals surface area (Å²) in [7, 11) is 0. The Kier molecular flexibility index (Phi) is 3.48. The third kappa shape index (κ3) is 2.55. The Balaban J connectivity index is 1.57. The molecule has 17 heavy (non-hydrogen) atoms. The molecule has 0 saturated carbocycles. The molecule has 1 aromatic heterocycles. The largest absolute Gasteiger partial charge is 0.468 e. The molecule has 0 bridgehead atoms. The first-order valence-electron chi connectivity index (χ1n) is 5.75. The molecule has 0 radical (unpaired) electrons. The van der Waals surface area contributed by atoms with Crippen LogP contribution in [0.5, 0.6) is 0 Å². The van der Waals surface area contributed by atoms with Crippen molar-refractivity contribution in [1.82, 2.24) is 0 Å². The second-order valence-electron chi connectivity index (χ2n) is 4.14. The van der Waals surface area contributed by atoms with E-state index in [1.807, 2.05) is 35.7 Å². The number of rotatable bonds is 4. The molecule has 0 saturated heterocycles. The van der Waals surface area contributed by atoms with Crippen molar-refractivity contribution in [3.05, 3.63) is 54.0 Å². The molecule has 1 aliphatic heterocycles. The molecule has 1 unspecified atom stereocenters. The lowest BCUT2D eigenvalue weighted by Gasteiger charge is -2.09. The van der Waals surface area contributed by atoms with Crippen LogP contribution in [0.25, 0.3) is 0 Å². The maximum absolute atomic E-state index is 5.34. The minimum absolute atomic E-state index is 0.705. The van der Waals surface area contributed by atoms with Crippen LogP contribution >= 0.6 is 23.5 Å². The number of benzene rings is 1. The van der Waals surface area contributed by atoms with Crippen LogP contribution in [0.1, 0.15) is 17.2 Å². The van der Waals surface area contributed by atoms with Crippen molar-refractivity contribution >= 4 is 23.5 Å². The quantitative estimate of drug-likeness (QED) is 0.810. The molecule has 1 nitrogen and oxygen atoms in total. The standard InChI is InChI=1S/C14H14OS2/c1-2-6-14-13(5-1)11(9-17-14)8-16-10-12-4-3-7-15-12/h1-7,11H,8-10H2. The summed E-state index contributed by atoms with van der Waals surface area (Å²) >= 11 is 3.95. The molecule has 0 spiro atoms. The molecule has 2 aromatic rings. The van der Waals surface area contributed by atoms with E-state index in [0.717, 1.165) is 11.5 Å². The zero-order valence-electron chi connectivity index (χ0n) is 9.46. The maximum Gasteiger partial charge on any atom is 0.113 e. The Morgan fingerprint density at radius 2 is 2.18 bits per heavy atom. The minimum atomic E-state index is 0.705. The van der Waals surface area contributed by atoms with Crippen molar-refractivity contribution in [3.8, 4) is 0 Å². The molecule has 1 aliphatic rings. The van der Waals surface area contributed by atoms with Crippen LogP contribution in [0.2, 0.25) is 0 Å². The molecule has 0 aliphatic carbocycles. The lowest BCUT2D eigenvalue weighted by Crippen LogP contribution is -2.00. The Morgan fingerprint density at radius 3 is 3.06 bits per heavy atom. The normalized spacial score (nSPS) is 18.2. The van der Waals surface area contributed by atoms with Gasteiger partial charge in [0.05, 0.1) is 12.0 Å². The van der Waals surface area contributed by atoms with E-state index < -0.39 is 0 Å².